The number of hydrogen-bond donors (Lipinski definition) is 2. The van der Waals surface area contributed by atoms with Crippen LogP contribution in [0.15, 0.2) is 41.7 Å². The summed E-state index contributed by atoms with van der Waals surface area (Å²) in [7, 11) is 1.86. The Morgan fingerprint density at radius 2 is 2.14 bits per heavy atom. The summed E-state index contributed by atoms with van der Waals surface area (Å²) in [6, 6.07) is 9.20. The Morgan fingerprint density at radius 1 is 1.31 bits per heavy atom. The third kappa shape index (κ3) is 3.81. The van der Waals surface area contributed by atoms with Crippen molar-refractivity contribution in [2.45, 2.75) is 12.1 Å². The van der Waals surface area contributed by atoms with Crippen LogP contribution in [0.3, 0.4) is 0 Å². The Balaban J connectivity index is 1.49. The first-order valence-corrected chi connectivity index (χ1v) is 10.8. The summed E-state index contributed by atoms with van der Waals surface area (Å²) in [6.45, 7) is 1.87. The van der Waals surface area contributed by atoms with E-state index >= 15 is 0 Å². The first-order valence-electron chi connectivity index (χ1n) is 8.66. The van der Waals surface area contributed by atoms with Crippen LogP contribution >= 0.6 is 34.7 Å². The SMILES string of the molecule is Cc1c(Cl)cccc1NC(=O)CSc1nnc(-c2sc3ncccc3c2N)n1C. The largest absolute Gasteiger partial charge is 0.397 e. The summed E-state index contributed by atoms with van der Waals surface area (Å²) in [6.07, 6.45) is 1.74. The number of rotatable bonds is 5. The van der Waals surface area contributed by atoms with E-state index in [1.54, 1.807) is 18.3 Å². The van der Waals surface area contributed by atoms with Crippen LogP contribution in [0.25, 0.3) is 20.9 Å². The molecule has 3 aromatic heterocycles. The molecule has 0 radical (unpaired) electrons. The third-order valence-corrected chi connectivity index (χ3v) is 6.97. The van der Waals surface area contributed by atoms with Gasteiger partial charge in [-0.25, -0.2) is 4.98 Å². The van der Waals surface area contributed by atoms with Crippen molar-refractivity contribution in [1.29, 1.82) is 0 Å². The quantitative estimate of drug-likeness (QED) is 0.443. The Labute approximate surface area is 180 Å². The highest BCUT2D eigenvalue weighted by atomic mass is 35.5. The fourth-order valence-electron chi connectivity index (χ4n) is 2.81. The van der Waals surface area contributed by atoms with E-state index in [-0.39, 0.29) is 11.7 Å². The van der Waals surface area contributed by atoms with Crippen LogP contribution in [0, 0.1) is 6.92 Å². The summed E-state index contributed by atoms with van der Waals surface area (Å²) >= 11 is 8.88. The molecule has 10 heteroatoms. The number of nitrogens with two attached hydrogens (primary N) is 1. The highest BCUT2D eigenvalue weighted by molar-refractivity contribution is 7.99. The minimum Gasteiger partial charge on any atom is -0.397 e. The van der Waals surface area contributed by atoms with Gasteiger partial charge in [0.15, 0.2) is 11.0 Å². The molecule has 4 aromatic rings. The Morgan fingerprint density at radius 3 is 2.93 bits per heavy atom. The molecule has 0 aliphatic heterocycles. The number of nitrogen functional groups attached to an aromatic ring is 1. The average Bonchev–Trinajstić information content (AvgIpc) is 3.24. The molecule has 29 heavy (non-hydrogen) atoms. The maximum Gasteiger partial charge on any atom is 0.234 e. The zero-order chi connectivity index (χ0) is 20.5. The number of amides is 1. The molecule has 0 aliphatic rings. The summed E-state index contributed by atoms with van der Waals surface area (Å²) in [5.74, 6) is 0.705. The molecule has 0 bridgehead atoms. The molecule has 0 aliphatic carbocycles. The molecular formula is C19H17ClN6OS2. The Kier molecular flexibility index (Phi) is 5.44. The highest BCUT2D eigenvalue weighted by Crippen LogP contribution is 2.39. The van der Waals surface area contributed by atoms with E-state index in [1.807, 2.05) is 36.7 Å². The second kappa shape index (κ2) is 8.02. The molecule has 0 fully saturated rings. The van der Waals surface area contributed by atoms with Crippen molar-refractivity contribution in [3.8, 4) is 10.7 Å². The summed E-state index contributed by atoms with van der Waals surface area (Å²) < 4.78 is 1.84. The van der Waals surface area contributed by atoms with E-state index in [9.17, 15) is 4.79 Å². The highest BCUT2D eigenvalue weighted by Gasteiger charge is 2.19. The number of anilines is 2. The van der Waals surface area contributed by atoms with Gasteiger partial charge in [-0.05, 0) is 36.8 Å². The van der Waals surface area contributed by atoms with Crippen molar-refractivity contribution in [2.75, 3.05) is 16.8 Å². The van der Waals surface area contributed by atoms with E-state index in [2.05, 4.69) is 20.5 Å². The van der Waals surface area contributed by atoms with Gasteiger partial charge in [-0.3, -0.25) is 4.79 Å². The molecule has 0 unspecified atom stereocenters. The van der Waals surface area contributed by atoms with Gasteiger partial charge in [0.1, 0.15) is 4.83 Å². The van der Waals surface area contributed by atoms with Crippen molar-refractivity contribution in [1.82, 2.24) is 19.7 Å². The number of hydrogen-bond acceptors (Lipinski definition) is 7. The molecule has 1 aromatic carbocycles. The fourth-order valence-corrected chi connectivity index (χ4v) is 4.78. The number of thiophene rings is 1. The van der Waals surface area contributed by atoms with E-state index in [4.69, 9.17) is 17.3 Å². The predicted octanol–water partition coefficient (Wildman–Crippen LogP) is 4.37. The zero-order valence-electron chi connectivity index (χ0n) is 15.6. The van der Waals surface area contributed by atoms with Gasteiger partial charge in [0.05, 0.1) is 16.3 Å². The van der Waals surface area contributed by atoms with Crippen molar-refractivity contribution in [3.05, 3.63) is 47.1 Å². The van der Waals surface area contributed by atoms with Gasteiger partial charge in [0.25, 0.3) is 0 Å². The molecule has 4 rings (SSSR count). The third-order valence-electron chi connectivity index (χ3n) is 4.42. The minimum atomic E-state index is -0.143. The topological polar surface area (TPSA) is 98.7 Å². The minimum absolute atomic E-state index is 0.143. The lowest BCUT2D eigenvalue weighted by atomic mass is 10.2. The maximum absolute atomic E-state index is 12.4. The first kappa shape index (κ1) is 19.7. The number of carbonyl (C=O) groups is 1. The summed E-state index contributed by atoms with van der Waals surface area (Å²) in [5, 5.41) is 13.5. The number of nitrogens with one attached hydrogen (secondary N) is 1. The average molecular weight is 445 g/mol. The van der Waals surface area contributed by atoms with E-state index in [0.717, 1.165) is 20.7 Å². The van der Waals surface area contributed by atoms with Crippen LogP contribution in [0.4, 0.5) is 11.4 Å². The molecule has 3 heterocycles. The molecule has 3 N–H and O–H groups in total. The zero-order valence-corrected chi connectivity index (χ0v) is 18.0. The summed E-state index contributed by atoms with van der Waals surface area (Å²) in [5.41, 5.74) is 8.47. The van der Waals surface area contributed by atoms with E-state index < -0.39 is 0 Å². The molecule has 7 nitrogen and oxygen atoms in total. The second-order valence-corrected chi connectivity index (χ2v) is 8.66. The Bertz CT molecular complexity index is 1220. The molecular weight excluding hydrogens is 428 g/mol. The monoisotopic (exact) mass is 444 g/mol. The lowest BCUT2D eigenvalue weighted by Gasteiger charge is -2.09. The standard InChI is InChI=1S/C19H17ClN6OS2/c1-10-12(20)6-3-7-13(10)23-14(27)9-28-19-25-24-17(26(19)2)16-15(21)11-5-4-8-22-18(11)29-16/h3-8H,9,21H2,1-2H3,(H,23,27). The fraction of sp³-hybridized carbons (Fsp3) is 0.158. The van der Waals surface area contributed by atoms with Crippen molar-refractivity contribution >= 4 is 62.2 Å². The first-order chi connectivity index (χ1) is 14.0. The second-order valence-electron chi connectivity index (χ2n) is 6.32. The van der Waals surface area contributed by atoms with Crippen LogP contribution in [0.5, 0.6) is 0 Å². The number of aromatic nitrogens is 4. The molecule has 0 spiro atoms. The number of nitrogens with zero attached hydrogens (tertiary/aromatic N) is 4. The number of thioether (sulfide) groups is 1. The van der Waals surface area contributed by atoms with Crippen molar-refractivity contribution in [2.24, 2.45) is 7.05 Å². The number of pyridine rings is 1. The van der Waals surface area contributed by atoms with Crippen molar-refractivity contribution < 1.29 is 4.79 Å². The Hall–Kier alpha value is -2.62. The number of benzene rings is 1. The van der Waals surface area contributed by atoms with Gasteiger partial charge < -0.3 is 15.6 Å². The van der Waals surface area contributed by atoms with Gasteiger partial charge >= 0.3 is 0 Å². The number of fused-ring (bicyclic) bond motifs is 1. The maximum atomic E-state index is 12.4. The number of carbonyl (C=O) groups excluding carboxylic acids is 1. The van der Waals surface area contributed by atoms with Crippen LogP contribution in [-0.4, -0.2) is 31.4 Å². The molecule has 148 valence electrons. The molecule has 1 amide bonds. The molecule has 0 saturated carbocycles. The predicted molar refractivity (Wildman–Crippen MR) is 120 cm³/mol. The van der Waals surface area contributed by atoms with Gasteiger partial charge in [0.2, 0.25) is 5.91 Å². The van der Waals surface area contributed by atoms with Gasteiger partial charge in [-0.15, -0.1) is 21.5 Å². The van der Waals surface area contributed by atoms with E-state index in [1.165, 1.54) is 23.1 Å². The normalized spacial score (nSPS) is 11.1. The van der Waals surface area contributed by atoms with Crippen LogP contribution in [-0.2, 0) is 11.8 Å². The van der Waals surface area contributed by atoms with Crippen molar-refractivity contribution in [3.63, 3.8) is 0 Å². The van der Waals surface area contributed by atoms with Crippen LogP contribution in [0.2, 0.25) is 5.02 Å². The van der Waals surface area contributed by atoms with E-state index in [0.29, 0.717) is 27.4 Å². The summed E-state index contributed by atoms with van der Waals surface area (Å²) in [4.78, 5) is 18.4. The molecule has 0 atom stereocenters. The number of halogens is 1. The van der Waals surface area contributed by atoms with Crippen LogP contribution in [0.1, 0.15) is 5.56 Å². The van der Waals surface area contributed by atoms with Gasteiger partial charge in [-0.2, -0.15) is 0 Å². The van der Waals surface area contributed by atoms with Gasteiger partial charge in [-0.1, -0.05) is 29.4 Å². The van der Waals surface area contributed by atoms with Gasteiger partial charge in [0, 0.05) is 29.3 Å². The smallest absolute Gasteiger partial charge is 0.234 e. The lowest BCUT2D eigenvalue weighted by Crippen LogP contribution is -2.15. The van der Waals surface area contributed by atoms with Crippen LogP contribution < -0.4 is 11.1 Å². The molecule has 0 saturated heterocycles. The lowest BCUT2D eigenvalue weighted by molar-refractivity contribution is -0.113.